The van der Waals surface area contributed by atoms with Crippen LogP contribution >= 0.6 is 0 Å². The Morgan fingerprint density at radius 1 is 1.06 bits per heavy atom. The lowest BCUT2D eigenvalue weighted by Gasteiger charge is -2.41. The average molecular weight is 224 g/mol. The first-order valence-electron chi connectivity index (χ1n) is 7.26. The molecule has 16 heavy (non-hydrogen) atoms. The molecule has 0 aliphatic carbocycles. The van der Waals surface area contributed by atoms with Crippen LogP contribution in [0.25, 0.3) is 0 Å². The van der Waals surface area contributed by atoms with Crippen LogP contribution in [0, 0.1) is 5.92 Å². The highest BCUT2D eigenvalue weighted by molar-refractivity contribution is 4.82. The van der Waals surface area contributed by atoms with E-state index in [1.165, 1.54) is 64.8 Å². The fourth-order valence-electron chi connectivity index (χ4n) is 3.38. The van der Waals surface area contributed by atoms with Gasteiger partial charge in [0.05, 0.1) is 0 Å². The summed E-state index contributed by atoms with van der Waals surface area (Å²) in [5.74, 6) is 0.933. The zero-order chi connectivity index (χ0) is 11.4. The molecule has 2 saturated heterocycles. The minimum absolute atomic E-state index is 0.899. The van der Waals surface area contributed by atoms with E-state index in [0.29, 0.717) is 0 Å². The molecular formula is C14H28N2. The quantitative estimate of drug-likeness (QED) is 0.727. The van der Waals surface area contributed by atoms with Crippen LogP contribution in [0.2, 0.25) is 0 Å². The third-order valence-corrected chi connectivity index (χ3v) is 4.30. The summed E-state index contributed by atoms with van der Waals surface area (Å²) in [6.45, 7) is 11.4. The van der Waals surface area contributed by atoms with Gasteiger partial charge in [-0.1, -0.05) is 13.8 Å². The van der Waals surface area contributed by atoms with Crippen molar-refractivity contribution in [3.05, 3.63) is 0 Å². The Kier molecular flexibility index (Phi) is 4.66. The zero-order valence-electron chi connectivity index (χ0n) is 11.1. The molecule has 0 aromatic heterocycles. The van der Waals surface area contributed by atoms with E-state index in [-0.39, 0.29) is 0 Å². The maximum Gasteiger partial charge on any atom is 0.0120 e. The lowest BCUT2D eigenvalue weighted by molar-refractivity contribution is 0.0753. The van der Waals surface area contributed by atoms with Gasteiger partial charge in [-0.05, 0) is 64.2 Å². The van der Waals surface area contributed by atoms with Gasteiger partial charge in [0.2, 0.25) is 0 Å². The molecule has 2 aliphatic heterocycles. The molecule has 0 aromatic rings. The van der Waals surface area contributed by atoms with Gasteiger partial charge >= 0.3 is 0 Å². The molecule has 2 nitrogen and oxygen atoms in total. The van der Waals surface area contributed by atoms with Crippen LogP contribution in [-0.2, 0) is 0 Å². The van der Waals surface area contributed by atoms with Gasteiger partial charge in [0, 0.05) is 12.6 Å². The van der Waals surface area contributed by atoms with Crippen LogP contribution in [0.4, 0.5) is 0 Å². The number of hydrogen-bond acceptors (Lipinski definition) is 2. The van der Waals surface area contributed by atoms with E-state index in [9.17, 15) is 0 Å². The topological polar surface area (TPSA) is 6.48 Å². The van der Waals surface area contributed by atoms with Crippen LogP contribution in [0.3, 0.4) is 0 Å². The first-order chi connectivity index (χ1) is 7.79. The van der Waals surface area contributed by atoms with Gasteiger partial charge in [-0.3, -0.25) is 0 Å². The molecule has 1 atom stereocenters. The number of nitrogens with zero attached hydrogens (tertiary/aromatic N) is 2. The van der Waals surface area contributed by atoms with Crippen molar-refractivity contribution < 1.29 is 0 Å². The van der Waals surface area contributed by atoms with Crippen molar-refractivity contribution >= 4 is 0 Å². The van der Waals surface area contributed by atoms with Gasteiger partial charge in [-0.25, -0.2) is 0 Å². The van der Waals surface area contributed by atoms with Gasteiger partial charge < -0.3 is 9.80 Å². The molecule has 2 heteroatoms. The summed E-state index contributed by atoms with van der Waals surface area (Å²) in [6, 6.07) is 0.899. The van der Waals surface area contributed by atoms with Crippen LogP contribution in [0.1, 0.15) is 46.0 Å². The summed E-state index contributed by atoms with van der Waals surface area (Å²) >= 11 is 0. The molecule has 0 amide bonds. The van der Waals surface area contributed by atoms with E-state index in [4.69, 9.17) is 0 Å². The summed E-state index contributed by atoms with van der Waals surface area (Å²) in [4.78, 5) is 5.42. The molecule has 0 unspecified atom stereocenters. The fourth-order valence-corrected chi connectivity index (χ4v) is 3.38. The lowest BCUT2D eigenvalue weighted by Crippen LogP contribution is -2.48. The Morgan fingerprint density at radius 2 is 1.81 bits per heavy atom. The second-order valence-electron chi connectivity index (χ2n) is 5.82. The highest BCUT2D eigenvalue weighted by Crippen LogP contribution is 2.23. The second-order valence-corrected chi connectivity index (χ2v) is 5.82. The van der Waals surface area contributed by atoms with Crippen LogP contribution in [0.5, 0.6) is 0 Å². The van der Waals surface area contributed by atoms with Crippen LogP contribution < -0.4 is 0 Å². The van der Waals surface area contributed by atoms with Crippen molar-refractivity contribution in [3.63, 3.8) is 0 Å². The summed E-state index contributed by atoms with van der Waals surface area (Å²) in [5, 5.41) is 0. The molecular weight excluding hydrogens is 196 g/mol. The van der Waals surface area contributed by atoms with E-state index in [0.717, 1.165) is 12.0 Å². The second kappa shape index (κ2) is 6.02. The van der Waals surface area contributed by atoms with E-state index in [2.05, 4.69) is 23.6 Å². The third-order valence-electron chi connectivity index (χ3n) is 4.30. The SMILES string of the molecule is CCCN1CCC(N2CCC[C@H](C)C2)CC1. The predicted octanol–water partition coefficient (Wildman–Crippen LogP) is 2.59. The molecule has 2 heterocycles. The Bertz CT molecular complexity index is 197. The summed E-state index contributed by atoms with van der Waals surface area (Å²) in [7, 11) is 0. The van der Waals surface area contributed by atoms with Gasteiger partial charge in [0.25, 0.3) is 0 Å². The Labute approximate surface area is 101 Å². The van der Waals surface area contributed by atoms with Crippen molar-refractivity contribution in [2.24, 2.45) is 5.92 Å². The standard InChI is InChI=1S/C14H28N2/c1-3-8-15-10-6-14(7-11-15)16-9-4-5-13(2)12-16/h13-14H,3-12H2,1-2H3/t13-/m0/s1. The molecule has 0 aromatic carbocycles. The van der Waals surface area contributed by atoms with E-state index < -0.39 is 0 Å². The van der Waals surface area contributed by atoms with Gasteiger partial charge in [0.15, 0.2) is 0 Å². The Morgan fingerprint density at radius 3 is 2.44 bits per heavy atom. The van der Waals surface area contributed by atoms with Crippen LogP contribution in [0.15, 0.2) is 0 Å². The summed E-state index contributed by atoms with van der Waals surface area (Å²) < 4.78 is 0. The minimum atomic E-state index is 0.899. The van der Waals surface area contributed by atoms with Crippen molar-refractivity contribution in [2.45, 2.75) is 52.0 Å². The normalized spacial score (nSPS) is 30.8. The highest BCUT2D eigenvalue weighted by Gasteiger charge is 2.26. The average Bonchev–Trinajstić information content (AvgIpc) is 2.30. The van der Waals surface area contributed by atoms with E-state index >= 15 is 0 Å². The van der Waals surface area contributed by atoms with Crippen molar-refractivity contribution in [2.75, 3.05) is 32.7 Å². The first kappa shape index (κ1) is 12.4. The Hall–Kier alpha value is -0.0800. The largest absolute Gasteiger partial charge is 0.303 e. The van der Waals surface area contributed by atoms with Gasteiger partial charge in [-0.2, -0.15) is 0 Å². The van der Waals surface area contributed by atoms with Crippen molar-refractivity contribution in [1.82, 2.24) is 9.80 Å². The molecule has 2 rings (SSSR count). The molecule has 94 valence electrons. The van der Waals surface area contributed by atoms with Crippen molar-refractivity contribution in [3.8, 4) is 0 Å². The summed E-state index contributed by atoms with van der Waals surface area (Å²) in [6.07, 6.45) is 7.01. The van der Waals surface area contributed by atoms with Crippen LogP contribution in [-0.4, -0.2) is 48.6 Å². The third kappa shape index (κ3) is 3.21. The van der Waals surface area contributed by atoms with Gasteiger partial charge in [0.1, 0.15) is 0 Å². The Balaban J connectivity index is 1.75. The molecule has 2 aliphatic rings. The van der Waals surface area contributed by atoms with E-state index in [1.54, 1.807) is 0 Å². The molecule has 0 saturated carbocycles. The summed E-state index contributed by atoms with van der Waals surface area (Å²) in [5.41, 5.74) is 0. The highest BCUT2D eigenvalue weighted by atomic mass is 15.2. The number of rotatable bonds is 3. The first-order valence-corrected chi connectivity index (χ1v) is 7.26. The number of hydrogen-bond donors (Lipinski definition) is 0. The maximum absolute atomic E-state index is 2.78. The molecule has 2 fully saturated rings. The predicted molar refractivity (Wildman–Crippen MR) is 69.7 cm³/mol. The van der Waals surface area contributed by atoms with Gasteiger partial charge in [-0.15, -0.1) is 0 Å². The number of likely N-dealkylation sites (tertiary alicyclic amines) is 2. The monoisotopic (exact) mass is 224 g/mol. The van der Waals surface area contributed by atoms with E-state index in [1.807, 2.05) is 0 Å². The molecule has 0 radical (unpaired) electrons. The maximum atomic E-state index is 2.78. The zero-order valence-corrected chi connectivity index (χ0v) is 11.1. The molecule has 0 bridgehead atoms. The number of piperidine rings is 2. The minimum Gasteiger partial charge on any atom is -0.303 e. The van der Waals surface area contributed by atoms with Crippen molar-refractivity contribution in [1.29, 1.82) is 0 Å². The fraction of sp³-hybridized carbons (Fsp3) is 1.00. The smallest absolute Gasteiger partial charge is 0.0120 e. The molecule has 0 spiro atoms. The molecule has 0 N–H and O–H groups in total. The lowest BCUT2D eigenvalue weighted by atomic mass is 9.95.